The third-order valence-electron chi connectivity index (χ3n) is 5.79. The predicted molar refractivity (Wildman–Crippen MR) is 119 cm³/mol. The summed E-state index contributed by atoms with van der Waals surface area (Å²) in [6, 6.07) is 16.2. The van der Waals surface area contributed by atoms with Crippen LogP contribution in [0.5, 0.6) is 0 Å². The van der Waals surface area contributed by atoms with Gasteiger partial charge in [0, 0.05) is 49.2 Å². The van der Waals surface area contributed by atoms with E-state index >= 15 is 0 Å². The molecule has 1 aliphatic rings. The molecular weight excluding hydrogens is 396 g/mol. The SMILES string of the molecule is Cc1cccc(CN2CCc3c(c(=O)n(Cc4ccc(Cl)cc4)c4nccn34)C2)c1. The third kappa shape index (κ3) is 3.55. The summed E-state index contributed by atoms with van der Waals surface area (Å²) in [5.74, 6) is 0.695. The van der Waals surface area contributed by atoms with Gasteiger partial charge < -0.3 is 0 Å². The molecule has 1 aliphatic heterocycles. The third-order valence-corrected chi connectivity index (χ3v) is 6.05. The number of aromatic nitrogens is 3. The number of imidazole rings is 1. The van der Waals surface area contributed by atoms with Gasteiger partial charge in [-0.3, -0.25) is 18.7 Å². The Labute approximate surface area is 180 Å². The van der Waals surface area contributed by atoms with Crippen molar-refractivity contribution in [1.29, 1.82) is 0 Å². The summed E-state index contributed by atoms with van der Waals surface area (Å²) < 4.78 is 3.86. The van der Waals surface area contributed by atoms with Gasteiger partial charge >= 0.3 is 0 Å². The number of hydrogen-bond acceptors (Lipinski definition) is 3. The molecule has 0 saturated heterocycles. The zero-order valence-electron chi connectivity index (χ0n) is 16.9. The summed E-state index contributed by atoms with van der Waals surface area (Å²) in [7, 11) is 0. The molecule has 6 heteroatoms. The van der Waals surface area contributed by atoms with Crippen LogP contribution in [0.15, 0.2) is 65.7 Å². The molecule has 5 nitrogen and oxygen atoms in total. The lowest BCUT2D eigenvalue weighted by atomic mass is 10.0. The first-order chi connectivity index (χ1) is 14.6. The Morgan fingerprint density at radius 2 is 1.90 bits per heavy atom. The number of nitrogens with zero attached hydrogens (tertiary/aromatic N) is 4. The van der Waals surface area contributed by atoms with E-state index in [0.717, 1.165) is 36.3 Å². The molecule has 0 atom stereocenters. The first kappa shape index (κ1) is 19.1. The van der Waals surface area contributed by atoms with Gasteiger partial charge in [-0.1, -0.05) is 53.6 Å². The Bertz CT molecular complexity index is 1270. The van der Waals surface area contributed by atoms with Gasteiger partial charge in [0.05, 0.1) is 12.1 Å². The average molecular weight is 419 g/mol. The van der Waals surface area contributed by atoms with Gasteiger partial charge in [-0.15, -0.1) is 0 Å². The van der Waals surface area contributed by atoms with Gasteiger partial charge in [-0.25, -0.2) is 4.98 Å². The van der Waals surface area contributed by atoms with Crippen molar-refractivity contribution >= 4 is 17.4 Å². The Balaban J connectivity index is 1.51. The quantitative estimate of drug-likeness (QED) is 0.502. The highest BCUT2D eigenvalue weighted by Gasteiger charge is 2.24. The fraction of sp³-hybridized carbons (Fsp3) is 0.250. The second kappa shape index (κ2) is 7.74. The van der Waals surface area contributed by atoms with Crippen molar-refractivity contribution in [2.24, 2.45) is 0 Å². The first-order valence-electron chi connectivity index (χ1n) is 10.2. The Kier molecular flexibility index (Phi) is 4.93. The summed E-state index contributed by atoms with van der Waals surface area (Å²) >= 11 is 6.02. The van der Waals surface area contributed by atoms with Gasteiger partial charge in [-0.2, -0.15) is 0 Å². The second-order valence-corrected chi connectivity index (χ2v) is 8.43. The molecule has 5 rings (SSSR count). The summed E-state index contributed by atoms with van der Waals surface area (Å²) in [6.07, 6.45) is 4.57. The van der Waals surface area contributed by atoms with Crippen LogP contribution in [-0.4, -0.2) is 25.4 Å². The van der Waals surface area contributed by atoms with Crippen molar-refractivity contribution in [3.05, 3.63) is 104 Å². The minimum absolute atomic E-state index is 0.0487. The van der Waals surface area contributed by atoms with E-state index in [4.69, 9.17) is 11.6 Å². The molecule has 3 heterocycles. The maximum atomic E-state index is 13.5. The summed E-state index contributed by atoms with van der Waals surface area (Å²) in [4.78, 5) is 20.3. The minimum Gasteiger partial charge on any atom is -0.294 e. The number of aryl methyl sites for hydroxylation is 1. The van der Waals surface area contributed by atoms with Crippen molar-refractivity contribution in [3.63, 3.8) is 0 Å². The molecule has 0 spiro atoms. The van der Waals surface area contributed by atoms with Gasteiger partial charge in [-0.05, 0) is 30.2 Å². The molecule has 0 amide bonds. The molecule has 0 fully saturated rings. The standard InChI is InChI=1S/C24H23ClN4O/c1-17-3-2-4-19(13-17)14-27-11-9-22-21(16-27)23(30)29(24-26-10-12-28(22)24)15-18-5-7-20(25)8-6-18/h2-8,10,12-13H,9,11,14-16H2,1H3. The average Bonchev–Trinajstić information content (AvgIpc) is 3.22. The smallest absolute Gasteiger partial charge is 0.259 e. The Morgan fingerprint density at radius 1 is 1.07 bits per heavy atom. The second-order valence-electron chi connectivity index (χ2n) is 7.99. The fourth-order valence-electron chi connectivity index (χ4n) is 4.34. The van der Waals surface area contributed by atoms with Crippen LogP contribution < -0.4 is 5.56 Å². The van der Waals surface area contributed by atoms with Crippen LogP contribution in [0.3, 0.4) is 0 Å². The Hall–Kier alpha value is -2.89. The van der Waals surface area contributed by atoms with Gasteiger partial charge in [0.2, 0.25) is 5.78 Å². The van der Waals surface area contributed by atoms with Crippen molar-refractivity contribution in [1.82, 2.24) is 18.9 Å². The Morgan fingerprint density at radius 3 is 2.70 bits per heavy atom. The van der Waals surface area contributed by atoms with Crippen LogP contribution in [0.25, 0.3) is 5.78 Å². The minimum atomic E-state index is 0.0487. The maximum absolute atomic E-state index is 13.5. The fourth-order valence-corrected chi connectivity index (χ4v) is 4.47. The topological polar surface area (TPSA) is 42.5 Å². The molecule has 0 unspecified atom stereocenters. The molecular formula is C24H23ClN4O. The van der Waals surface area contributed by atoms with Crippen molar-refractivity contribution < 1.29 is 0 Å². The monoisotopic (exact) mass is 418 g/mol. The zero-order valence-corrected chi connectivity index (χ0v) is 17.6. The molecule has 0 aliphatic carbocycles. The van der Waals surface area contributed by atoms with Gasteiger partial charge in [0.25, 0.3) is 5.56 Å². The van der Waals surface area contributed by atoms with Crippen LogP contribution in [-0.2, 0) is 26.1 Å². The molecule has 0 saturated carbocycles. The molecule has 2 aromatic carbocycles. The lowest BCUT2D eigenvalue weighted by Crippen LogP contribution is -2.38. The van der Waals surface area contributed by atoms with Crippen LogP contribution in [0, 0.1) is 6.92 Å². The number of hydrogen-bond donors (Lipinski definition) is 0. The number of rotatable bonds is 4. The van der Waals surface area contributed by atoms with Crippen LogP contribution in [0.1, 0.15) is 27.9 Å². The summed E-state index contributed by atoms with van der Waals surface area (Å²) in [5.41, 5.74) is 5.57. The van der Waals surface area contributed by atoms with E-state index in [1.165, 1.54) is 11.1 Å². The van der Waals surface area contributed by atoms with Crippen LogP contribution in [0.4, 0.5) is 0 Å². The lowest BCUT2D eigenvalue weighted by molar-refractivity contribution is 0.240. The summed E-state index contributed by atoms with van der Waals surface area (Å²) in [5, 5.41) is 0.689. The van der Waals surface area contributed by atoms with Crippen LogP contribution in [0.2, 0.25) is 5.02 Å². The number of halogens is 1. The van der Waals surface area contributed by atoms with E-state index in [1.807, 2.05) is 30.5 Å². The van der Waals surface area contributed by atoms with Crippen LogP contribution >= 0.6 is 11.6 Å². The largest absolute Gasteiger partial charge is 0.294 e. The van der Waals surface area contributed by atoms with E-state index < -0.39 is 0 Å². The zero-order chi connectivity index (χ0) is 20.7. The van der Waals surface area contributed by atoms with Gasteiger partial charge in [0.1, 0.15) is 0 Å². The highest BCUT2D eigenvalue weighted by molar-refractivity contribution is 6.30. The molecule has 0 N–H and O–H groups in total. The van der Waals surface area contributed by atoms with Gasteiger partial charge in [0.15, 0.2) is 0 Å². The van der Waals surface area contributed by atoms with Crippen molar-refractivity contribution in [2.75, 3.05) is 6.54 Å². The molecule has 30 heavy (non-hydrogen) atoms. The van der Waals surface area contributed by atoms with E-state index in [-0.39, 0.29) is 5.56 Å². The number of fused-ring (bicyclic) bond motifs is 3. The van der Waals surface area contributed by atoms with Crippen molar-refractivity contribution in [3.8, 4) is 0 Å². The normalized spacial score (nSPS) is 14.2. The number of benzene rings is 2. The molecule has 2 aromatic heterocycles. The summed E-state index contributed by atoms with van der Waals surface area (Å²) in [6.45, 7) is 5.01. The van der Waals surface area contributed by atoms with E-state index in [9.17, 15) is 4.79 Å². The predicted octanol–water partition coefficient (Wildman–Crippen LogP) is 4.06. The molecule has 0 bridgehead atoms. The first-order valence-corrected chi connectivity index (χ1v) is 10.6. The molecule has 152 valence electrons. The highest BCUT2D eigenvalue weighted by atomic mass is 35.5. The lowest BCUT2D eigenvalue weighted by Gasteiger charge is -2.29. The maximum Gasteiger partial charge on any atom is 0.259 e. The highest BCUT2D eigenvalue weighted by Crippen LogP contribution is 2.20. The molecule has 4 aromatic rings. The molecule has 0 radical (unpaired) electrons. The van der Waals surface area contributed by atoms with E-state index in [2.05, 4.69) is 45.5 Å². The van der Waals surface area contributed by atoms with E-state index in [1.54, 1.807) is 10.8 Å². The van der Waals surface area contributed by atoms with E-state index in [0.29, 0.717) is 23.9 Å². The van der Waals surface area contributed by atoms with Crippen molar-refractivity contribution in [2.45, 2.75) is 33.0 Å².